The molecule has 154 valence electrons. The van der Waals surface area contributed by atoms with E-state index in [1.807, 2.05) is 30.3 Å². The lowest BCUT2D eigenvalue weighted by Crippen LogP contribution is -2.30. The van der Waals surface area contributed by atoms with E-state index in [0.29, 0.717) is 30.2 Å². The summed E-state index contributed by atoms with van der Waals surface area (Å²) in [4.78, 5) is 16.5. The summed E-state index contributed by atoms with van der Waals surface area (Å²) in [6.07, 6.45) is 3.80. The van der Waals surface area contributed by atoms with Crippen molar-refractivity contribution in [3.05, 3.63) is 54.6 Å². The van der Waals surface area contributed by atoms with E-state index in [9.17, 15) is 13.2 Å². The van der Waals surface area contributed by atoms with Crippen molar-refractivity contribution in [3.8, 4) is 5.75 Å². The molecule has 1 aliphatic rings. The minimum Gasteiger partial charge on any atom is -0.493 e. The monoisotopic (exact) mass is 415 g/mol. The molecule has 0 saturated heterocycles. The molecule has 0 spiro atoms. The van der Waals surface area contributed by atoms with E-state index in [2.05, 4.69) is 15.0 Å². The molecule has 1 heterocycles. The fourth-order valence-electron chi connectivity index (χ4n) is 2.89. The summed E-state index contributed by atoms with van der Waals surface area (Å²) in [6, 6.07) is 15.3. The summed E-state index contributed by atoms with van der Waals surface area (Å²) in [5.41, 5.74) is 0.528. The van der Waals surface area contributed by atoms with Crippen LogP contribution in [0.2, 0.25) is 0 Å². The largest absolute Gasteiger partial charge is 0.493 e. The lowest BCUT2D eigenvalue weighted by Gasteiger charge is -2.11. The van der Waals surface area contributed by atoms with Gasteiger partial charge in [0.2, 0.25) is 5.91 Å². The number of rotatable bonds is 7. The number of nitrogens with zero attached hydrogens (tertiary/aromatic N) is 1. The summed E-state index contributed by atoms with van der Waals surface area (Å²) in [7, 11) is -3.68. The molecule has 0 fully saturated rings. The second-order valence-electron chi connectivity index (χ2n) is 6.73. The molecular formula is C21H25N3O4S. The van der Waals surface area contributed by atoms with Crippen LogP contribution in [0.25, 0.3) is 0 Å². The quantitative estimate of drug-likeness (QED) is 0.725. The van der Waals surface area contributed by atoms with Gasteiger partial charge in [-0.1, -0.05) is 24.6 Å². The second-order valence-corrected chi connectivity index (χ2v) is 8.41. The Bertz CT molecular complexity index is 942. The van der Waals surface area contributed by atoms with Gasteiger partial charge in [0, 0.05) is 18.7 Å². The molecule has 2 aromatic carbocycles. The topological polar surface area (TPSA) is 96.9 Å². The predicted molar refractivity (Wildman–Crippen MR) is 113 cm³/mol. The molecule has 0 unspecified atom stereocenters. The lowest BCUT2D eigenvalue weighted by atomic mass is 10.2. The number of para-hydroxylation sites is 1. The number of anilines is 1. The molecule has 0 aromatic heterocycles. The van der Waals surface area contributed by atoms with Gasteiger partial charge in [0.15, 0.2) is 0 Å². The van der Waals surface area contributed by atoms with Crippen molar-refractivity contribution in [2.75, 3.05) is 18.5 Å². The highest BCUT2D eigenvalue weighted by molar-refractivity contribution is 7.90. The van der Waals surface area contributed by atoms with Gasteiger partial charge in [-0.05, 0) is 49.2 Å². The van der Waals surface area contributed by atoms with Crippen LogP contribution in [0.4, 0.5) is 5.69 Å². The zero-order valence-electron chi connectivity index (χ0n) is 16.1. The van der Waals surface area contributed by atoms with E-state index in [1.54, 1.807) is 12.1 Å². The molecule has 29 heavy (non-hydrogen) atoms. The maximum absolute atomic E-state index is 12.5. The van der Waals surface area contributed by atoms with Gasteiger partial charge in [-0.2, -0.15) is 0 Å². The summed E-state index contributed by atoms with van der Waals surface area (Å²) in [6.45, 7) is 0.908. The van der Waals surface area contributed by atoms with Crippen LogP contribution in [0, 0.1) is 0 Å². The average Bonchev–Trinajstić information content (AvgIpc) is 2.97. The molecule has 0 aliphatic carbocycles. The van der Waals surface area contributed by atoms with E-state index in [1.165, 1.54) is 12.1 Å². The van der Waals surface area contributed by atoms with Gasteiger partial charge >= 0.3 is 0 Å². The van der Waals surface area contributed by atoms with Gasteiger partial charge in [-0.25, -0.2) is 8.42 Å². The predicted octanol–water partition coefficient (Wildman–Crippen LogP) is 3.35. The first-order chi connectivity index (χ1) is 14.0. The first kappa shape index (κ1) is 20.9. The molecule has 7 nitrogen and oxygen atoms in total. The zero-order valence-corrected chi connectivity index (χ0v) is 17.0. The minimum absolute atomic E-state index is 0.134. The number of hydrogen-bond acceptors (Lipinski definition) is 5. The number of hydrogen-bond donors (Lipinski definition) is 2. The molecule has 1 aliphatic heterocycles. The first-order valence-electron chi connectivity index (χ1n) is 9.67. The summed E-state index contributed by atoms with van der Waals surface area (Å²) in [5.74, 6) is 1.02. The standard InChI is InChI=1S/C21H25N3O4S/c25-21(14-16-28-18-7-3-1-4-8-18)23-17-10-12-19(13-11-17)29(26,27)24-20-9-5-2-6-15-22-20/h1,3-4,7-8,10-13H,2,5-6,9,14-16H2,(H,22,24)(H,23,25). The molecule has 1 amide bonds. The highest BCUT2D eigenvalue weighted by Crippen LogP contribution is 2.16. The number of nitrogens with one attached hydrogen (secondary N) is 2. The molecule has 0 atom stereocenters. The average molecular weight is 416 g/mol. The van der Waals surface area contributed by atoms with E-state index in [0.717, 1.165) is 19.3 Å². The van der Waals surface area contributed by atoms with Crippen LogP contribution in [0.3, 0.4) is 0 Å². The highest BCUT2D eigenvalue weighted by Gasteiger charge is 2.17. The fourth-order valence-corrected chi connectivity index (χ4v) is 3.98. The maximum Gasteiger partial charge on any atom is 0.262 e. The number of carbonyl (C=O) groups is 1. The van der Waals surface area contributed by atoms with Gasteiger partial charge in [-0.15, -0.1) is 0 Å². The normalized spacial score (nSPS) is 14.4. The molecule has 0 bridgehead atoms. The number of amides is 1. The third-order valence-electron chi connectivity index (χ3n) is 4.42. The van der Waals surface area contributed by atoms with Crippen molar-refractivity contribution in [2.24, 2.45) is 4.99 Å². The van der Waals surface area contributed by atoms with Crippen LogP contribution in [-0.4, -0.2) is 33.3 Å². The molecule has 0 saturated carbocycles. The Hall–Kier alpha value is -2.87. The van der Waals surface area contributed by atoms with Gasteiger partial charge in [0.05, 0.1) is 17.9 Å². The number of carbonyl (C=O) groups excluding carboxylic acids is 1. The Balaban J connectivity index is 1.51. The van der Waals surface area contributed by atoms with Crippen molar-refractivity contribution in [1.29, 1.82) is 0 Å². The van der Waals surface area contributed by atoms with Crippen LogP contribution < -0.4 is 14.8 Å². The van der Waals surface area contributed by atoms with Crippen LogP contribution in [0.1, 0.15) is 32.1 Å². The van der Waals surface area contributed by atoms with Crippen LogP contribution in [0.15, 0.2) is 64.5 Å². The smallest absolute Gasteiger partial charge is 0.262 e. The third-order valence-corrected chi connectivity index (χ3v) is 5.81. The maximum atomic E-state index is 12.5. The van der Waals surface area contributed by atoms with Gasteiger partial charge < -0.3 is 10.1 Å². The molecule has 8 heteroatoms. The summed E-state index contributed by atoms with van der Waals surface area (Å²) < 4.78 is 33.1. The number of ether oxygens (including phenoxy) is 1. The van der Waals surface area contributed by atoms with E-state index in [4.69, 9.17) is 4.74 Å². The molecule has 3 rings (SSSR count). The van der Waals surface area contributed by atoms with Crippen LogP contribution >= 0.6 is 0 Å². The molecular weight excluding hydrogens is 390 g/mol. The summed E-state index contributed by atoms with van der Waals surface area (Å²) >= 11 is 0. The Kier molecular flexibility index (Phi) is 7.24. The van der Waals surface area contributed by atoms with Gasteiger partial charge in [-0.3, -0.25) is 14.5 Å². The highest BCUT2D eigenvalue weighted by atomic mass is 32.2. The Morgan fingerprint density at radius 1 is 1.00 bits per heavy atom. The van der Waals surface area contributed by atoms with Crippen LogP contribution in [0.5, 0.6) is 5.75 Å². The Morgan fingerprint density at radius 2 is 1.76 bits per heavy atom. The van der Waals surface area contributed by atoms with Crippen molar-refractivity contribution in [2.45, 2.75) is 37.0 Å². The molecule has 0 radical (unpaired) electrons. The number of aliphatic imine (C=N–C) groups is 1. The Labute approximate surface area is 171 Å². The van der Waals surface area contributed by atoms with E-state index >= 15 is 0 Å². The van der Waals surface area contributed by atoms with Crippen molar-refractivity contribution in [1.82, 2.24) is 4.72 Å². The van der Waals surface area contributed by atoms with E-state index in [-0.39, 0.29) is 23.8 Å². The number of amidine groups is 1. The van der Waals surface area contributed by atoms with Gasteiger partial charge in [0.25, 0.3) is 10.0 Å². The molecule has 2 N–H and O–H groups in total. The number of sulfonamides is 1. The first-order valence-corrected chi connectivity index (χ1v) is 11.2. The van der Waals surface area contributed by atoms with Crippen molar-refractivity contribution >= 4 is 27.5 Å². The molecule has 2 aromatic rings. The Morgan fingerprint density at radius 3 is 2.52 bits per heavy atom. The van der Waals surface area contributed by atoms with Gasteiger partial charge in [0.1, 0.15) is 11.6 Å². The fraction of sp³-hybridized carbons (Fsp3) is 0.333. The van der Waals surface area contributed by atoms with E-state index < -0.39 is 10.0 Å². The number of benzene rings is 2. The van der Waals surface area contributed by atoms with Crippen molar-refractivity contribution in [3.63, 3.8) is 0 Å². The lowest BCUT2D eigenvalue weighted by molar-refractivity contribution is -0.116. The van der Waals surface area contributed by atoms with Crippen molar-refractivity contribution < 1.29 is 17.9 Å². The minimum atomic E-state index is -3.68. The van der Waals surface area contributed by atoms with Crippen LogP contribution in [-0.2, 0) is 14.8 Å². The SMILES string of the molecule is O=C(CCOc1ccccc1)Nc1ccc(S(=O)(=O)NC2=NCCCCC2)cc1. The zero-order chi connectivity index (χ0) is 20.5. The second kappa shape index (κ2) is 10.1. The third kappa shape index (κ3) is 6.60. The summed E-state index contributed by atoms with van der Waals surface area (Å²) in [5, 5.41) is 2.74.